The zero-order valence-corrected chi connectivity index (χ0v) is 12.6. The zero-order valence-electron chi connectivity index (χ0n) is 12.6. The Bertz CT molecular complexity index is 505. The summed E-state index contributed by atoms with van der Waals surface area (Å²) in [4.78, 5) is 25.2. The Morgan fingerprint density at radius 3 is 2.59 bits per heavy atom. The molecular formula is C16H21NO5. The van der Waals surface area contributed by atoms with E-state index in [-0.39, 0.29) is 25.0 Å². The van der Waals surface area contributed by atoms with Crippen LogP contribution in [0.2, 0.25) is 0 Å². The van der Waals surface area contributed by atoms with Crippen LogP contribution in [0.3, 0.4) is 0 Å². The van der Waals surface area contributed by atoms with Gasteiger partial charge in [0, 0.05) is 26.1 Å². The van der Waals surface area contributed by atoms with Crippen LogP contribution in [0, 0.1) is 5.92 Å². The van der Waals surface area contributed by atoms with Crippen LogP contribution in [0.5, 0.6) is 0 Å². The Hall–Kier alpha value is -1.92. The Morgan fingerprint density at radius 2 is 1.95 bits per heavy atom. The molecule has 0 aliphatic carbocycles. The molecule has 0 saturated carbocycles. The lowest BCUT2D eigenvalue weighted by atomic mass is 9.89. The molecule has 1 saturated heterocycles. The van der Waals surface area contributed by atoms with Crippen molar-refractivity contribution in [2.24, 2.45) is 5.92 Å². The van der Waals surface area contributed by atoms with Gasteiger partial charge >= 0.3 is 5.97 Å². The number of rotatable bonds is 7. The molecule has 1 heterocycles. The van der Waals surface area contributed by atoms with E-state index in [1.807, 2.05) is 30.3 Å². The first-order valence-electron chi connectivity index (χ1n) is 7.25. The Kier molecular flexibility index (Phi) is 5.91. The van der Waals surface area contributed by atoms with Gasteiger partial charge in [0.15, 0.2) is 0 Å². The molecule has 1 amide bonds. The summed E-state index contributed by atoms with van der Waals surface area (Å²) in [5.41, 5.74) is 0.950. The summed E-state index contributed by atoms with van der Waals surface area (Å²) in [7, 11) is 1.56. The lowest BCUT2D eigenvalue weighted by Crippen LogP contribution is -2.33. The SMILES string of the molecule is COCCOCC(=O)N1C[C@H](C(=O)O)[C@H](c2ccccc2)C1. The van der Waals surface area contributed by atoms with Crippen LogP contribution in [0.25, 0.3) is 0 Å². The van der Waals surface area contributed by atoms with Crippen LogP contribution in [0.1, 0.15) is 11.5 Å². The standard InChI is InChI=1S/C16H21NO5/c1-21-7-8-22-11-15(18)17-9-13(14(10-17)16(19)20)12-5-3-2-4-6-12/h2-6,13-14H,7-11H2,1H3,(H,19,20)/t13-,14-/m0/s1. The van der Waals surface area contributed by atoms with Gasteiger partial charge in [-0.05, 0) is 5.56 Å². The number of hydrogen-bond donors (Lipinski definition) is 1. The van der Waals surface area contributed by atoms with Gasteiger partial charge in [-0.3, -0.25) is 9.59 Å². The van der Waals surface area contributed by atoms with Gasteiger partial charge in [-0.1, -0.05) is 30.3 Å². The number of aliphatic carboxylic acids is 1. The highest BCUT2D eigenvalue weighted by Gasteiger charge is 2.40. The fraction of sp³-hybridized carbons (Fsp3) is 0.500. The molecule has 6 heteroatoms. The molecule has 22 heavy (non-hydrogen) atoms. The van der Waals surface area contributed by atoms with Gasteiger partial charge in [-0.15, -0.1) is 0 Å². The minimum atomic E-state index is -0.871. The smallest absolute Gasteiger partial charge is 0.308 e. The molecule has 0 spiro atoms. The van der Waals surface area contributed by atoms with E-state index < -0.39 is 11.9 Å². The zero-order chi connectivity index (χ0) is 15.9. The molecule has 6 nitrogen and oxygen atoms in total. The number of carbonyl (C=O) groups is 2. The number of benzene rings is 1. The van der Waals surface area contributed by atoms with E-state index in [2.05, 4.69) is 0 Å². The fourth-order valence-electron chi connectivity index (χ4n) is 2.69. The number of carboxylic acids is 1. The average molecular weight is 307 g/mol. The van der Waals surface area contributed by atoms with E-state index in [1.54, 1.807) is 12.0 Å². The monoisotopic (exact) mass is 307 g/mol. The molecule has 0 aromatic heterocycles. The van der Waals surface area contributed by atoms with Gasteiger partial charge in [0.1, 0.15) is 6.61 Å². The van der Waals surface area contributed by atoms with E-state index in [0.717, 1.165) is 5.56 Å². The van der Waals surface area contributed by atoms with Crippen molar-refractivity contribution in [1.29, 1.82) is 0 Å². The first-order chi connectivity index (χ1) is 10.6. The maximum atomic E-state index is 12.1. The summed E-state index contributed by atoms with van der Waals surface area (Å²) >= 11 is 0. The van der Waals surface area contributed by atoms with Crippen LogP contribution in [-0.4, -0.2) is 61.9 Å². The Labute approximate surface area is 129 Å². The number of methoxy groups -OCH3 is 1. The molecule has 2 atom stereocenters. The van der Waals surface area contributed by atoms with E-state index in [4.69, 9.17) is 9.47 Å². The normalized spacial score (nSPS) is 21.0. The predicted molar refractivity (Wildman–Crippen MR) is 79.6 cm³/mol. The summed E-state index contributed by atoms with van der Waals surface area (Å²) in [5, 5.41) is 9.40. The average Bonchev–Trinajstić information content (AvgIpc) is 2.98. The summed E-state index contributed by atoms with van der Waals surface area (Å²) < 4.78 is 10.1. The topological polar surface area (TPSA) is 76.1 Å². The summed E-state index contributed by atoms with van der Waals surface area (Å²) in [6.45, 7) is 1.37. The van der Waals surface area contributed by atoms with Crippen molar-refractivity contribution < 1.29 is 24.2 Å². The number of likely N-dealkylation sites (tertiary alicyclic amines) is 1. The molecule has 120 valence electrons. The van der Waals surface area contributed by atoms with Crippen molar-refractivity contribution in [3.63, 3.8) is 0 Å². The fourth-order valence-corrected chi connectivity index (χ4v) is 2.69. The molecule has 1 fully saturated rings. The third kappa shape index (κ3) is 4.05. The maximum absolute atomic E-state index is 12.1. The van der Waals surface area contributed by atoms with Crippen molar-refractivity contribution in [3.8, 4) is 0 Å². The molecule has 1 aromatic carbocycles. The number of nitrogens with zero attached hydrogens (tertiary/aromatic N) is 1. The van der Waals surface area contributed by atoms with Crippen molar-refractivity contribution >= 4 is 11.9 Å². The predicted octanol–water partition coefficient (Wildman–Crippen LogP) is 0.976. The summed E-state index contributed by atoms with van der Waals surface area (Å²) in [5.74, 6) is -1.81. The third-order valence-electron chi connectivity index (χ3n) is 3.87. The molecular weight excluding hydrogens is 286 g/mol. The molecule has 0 bridgehead atoms. The van der Waals surface area contributed by atoms with E-state index >= 15 is 0 Å². The highest BCUT2D eigenvalue weighted by molar-refractivity contribution is 5.80. The summed E-state index contributed by atoms with van der Waals surface area (Å²) in [6.07, 6.45) is 0. The highest BCUT2D eigenvalue weighted by Crippen LogP contribution is 2.32. The first-order valence-corrected chi connectivity index (χ1v) is 7.25. The first kappa shape index (κ1) is 16.5. The van der Waals surface area contributed by atoms with Gasteiger partial charge in [0.05, 0.1) is 19.1 Å². The van der Waals surface area contributed by atoms with Crippen molar-refractivity contribution in [2.45, 2.75) is 5.92 Å². The molecule has 1 aliphatic heterocycles. The summed E-state index contributed by atoms with van der Waals surface area (Å²) in [6, 6.07) is 9.47. The second-order valence-corrected chi connectivity index (χ2v) is 5.31. The van der Waals surface area contributed by atoms with Crippen molar-refractivity contribution in [2.75, 3.05) is 40.0 Å². The van der Waals surface area contributed by atoms with Crippen LogP contribution < -0.4 is 0 Å². The van der Waals surface area contributed by atoms with Gasteiger partial charge < -0.3 is 19.5 Å². The van der Waals surface area contributed by atoms with Crippen LogP contribution >= 0.6 is 0 Å². The van der Waals surface area contributed by atoms with E-state index in [0.29, 0.717) is 19.8 Å². The number of hydrogen-bond acceptors (Lipinski definition) is 4. The molecule has 0 radical (unpaired) electrons. The van der Waals surface area contributed by atoms with Gasteiger partial charge in [-0.2, -0.15) is 0 Å². The molecule has 1 N–H and O–H groups in total. The maximum Gasteiger partial charge on any atom is 0.308 e. The molecule has 1 aromatic rings. The largest absolute Gasteiger partial charge is 0.481 e. The minimum absolute atomic E-state index is 0.0444. The van der Waals surface area contributed by atoms with E-state index in [9.17, 15) is 14.7 Å². The third-order valence-corrected chi connectivity index (χ3v) is 3.87. The van der Waals surface area contributed by atoms with E-state index in [1.165, 1.54) is 0 Å². The van der Waals surface area contributed by atoms with Gasteiger partial charge in [0.2, 0.25) is 5.91 Å². The van der Waals surface area contributed by atoms with Gasteiger partial charge in [0.25, 0.3) is 0 Å². The Morgan fingerprint density at radius 1 is 1.23 bits per heavy atom. The second-order valence-electron chi connectivity index (χ2n) is 5.31. The second kappa shape index (κ2) is 7.91. The molecule has 1 aliphatic rings. The molecule has 2 rings (SSSR count). The Balaban J connectivity index is 1.98. The molecule has 0 unspecified atom stereocenters. The lowest BCUT2D eigenvalue weighted by molar-refractivity contribution is -0.142. The van der Waals surface area contributed by atoms with Crippen molar-refractivity contribution in [1.82, 2.24) is 4.90 Å². The van der Waals surface area contributed by atoms with Crippen LogP contribution in [-0.2, 0) is 19.1 Å². The number of carboxylic acid groups (broad SMARTS) is 1. The highest BCUT2D eigenvalue weighted by atomic mass is 16.5. The number of ether oxygens (including phenoxy) is 2. The number of amides is 1. The van der Waals surface area contributed by atoms with Crippen LogP contribution in [0.4, 0.5) is 0 Å². The lowest BCUT2D eigenvalue weighted by Gasteiger charge is -2.16. The van der Waals surface area contributed by atoms with Crippen molar-refractivity contribution in [3.05, 3.63) is 35.9 Å². The quantitative estimate of drug-likeness (QED) is 0.760. The van der Waals surface area contributed by atoms with Gasteiger partial charge in [-0.25, -0.2) is 0 Å². The number of carbonyl (C=O) groups excluding carboxylic acids is 1. The minimum Gasteiger partial charge on any atom is -0.481 e. The van der Waals surface area contributed by atoms with Crippen LogP contribution in [0.15, 0.2) is 30.3 Å².